The average molecular weight is 268 g/mol. The maximum Gasteiger partial charge on any atom is 0.197 e. The number of nitrogens with zero attached hydrogens (tertiary/aromatic N) is 1. The van der Waals surface area contributed by atoms with Gasteiger partial charge in [0.25, 0.3) is 0 Å². The van der Waals surface area contributed by atoms with E-state index >= 15 is 0 Å². The molecule has 0 amide bonds. The lowest BCUT2D eigenvalue weighted by molar-refractivity contribution is 0.412. The summed E-state index contributed by atoms with van der Waals surface area (Å²) < 4.78 is 6.04. The number of aromatic nitrogens is 2. The van der Waals surface area contributed by atoms with Crippen LogP contribution in [0.25, 0.3) is 11.3 Å². The molecule has 0 bridgehead atoms. The molecule has 0 spiro atoms. The Labute approximate surface area is 95.6 Å². The molecule has 0 aliphatic carbocycles. The number of aromatic amines is 1. The van der Waals surface area contributed by atoms with Gasteiger partial charge in [0.2, 0.25) is 0 Å². The molecule has 1 heterocycles. The molecule has 0 saturated carbocycles. The van der Waals surface area contributed by atoms with Crippen molar-refractivity contribution in [3.05, 3.63) is 28.9 Å². The van der Waals surface area contributed by atoms with Gasteiger partial charge >= 0.3 is 0 Å². The minimum atomic E-state index is 0.414. The highest BCUT2D eigenvalue weighted by Crippen LogP contribution is 2.29. The van der Waals surface area contributed by atoms with Crippen molar-refractivity contribution >= 4 is 21.9 Å². The molecule has 4 nitrogen and oxygen atoms in total. The number of nitrogens with two attached hydrogens (primary N) is 1. The Hall–Kier alpha value is -1.49. The van der Waals surface area contributed by atoms with E-state index in [4.69, 9.17) is 10.5 Å². The van der Waals surface area contributed by atoms with Crippen LogP contribution in [0, 0.1) is 0 Å². The SMILES string of the molecule is COc1ccc(-c2cnc(N)[nH]2)cc1Br. The van der Waals surface area contributed by atoms with Crippen LogP contribution in [0.2, 0.25) is 0 Å². The quantitative estimate of drug-likeness (QED) is 0.879. The third kappa shape index (κ3) is 1.97. The molecular formula is C10H10BrN3O. The summed E-state index contributed by atoms with van der Waals surface area (Å²) in [7, 11) is 1.63. The normalized spacial score (nSPS) is 10.3. The molecule has 1 aromatic carbocycles. The van der Waals surface area contributed by atoms with Gasteiger partial charge in [0.15, 0.2) is 5.95 Å². The Morgan fingerprint density at radius 3 is 2.80 bits per heavy atom. The fraction of sp³-hybridized carbons (Fsp3) is 0.100. The van der Waals surface area contributed by atoms with E-state index in [1.165, 1.54) is 0 Å². The number of rotatable bonds is 2. The third-order valence-corrected chi connectivity index (χ3v) is 2.68. The van der Waals surface area contributed by atoms with Gasteiger partial charge in [-0.3, -0.25) is 0 Å². The van der Waals surface area contributed by atoms with Crippen molar-refractivity contribution in [2.24, 2.45) is 0 Å². The van der Waals surface area contributed by atoms with E-state index in [1.54, 1.807) is 13.3 Å². The Balaban J connectivity index is 2.42. The Bertz CT molecular complexity index is 481. The standard InChI is InChI=1S/C10H10BrN3O/c1-15-9-3-2-6(4-7(9)11)8-5-13-10(12)14-8/h2-5H,1H3,(H3,12,13,14). The minimum absolute atomic E-state index is 0.414. The maximum absolute atomic E-state index is 5.51. The number of ether oxygens (including phenoxy) is 1. The lowest BCUT2D eigenvalue weighted by Crippen LogP contribution is -1.87. The summed E-state index contributed by atoms with van der Waals surface area (Å²) in [5.74, 6) is 1.21. The van der Waals surface area contributed by atoms with Gasteiger partial charge < -0.3 is 15.5 Å². The molecule has 78 valence electrons. The Morgan fingerprint density at radius 2 is 2.27 bits per heavy atom. The molecule has 0 atom stereocenters. The van der Waals surface area contributed by atoms with E-state index in [0.29, 0.717) is 5.95 Å². The van der Waals surface area contributed by atoms with E-state index in [0.717, 1.165) is 21.5 Å². The molecule has 1 aromatic heterocycles. The average Bonchev–Trinajstić information content (AvgIpc) is 2.65. The number of anilines is 1. The third-order valence-electron chi connectivity index (χ3n) is 2.06. The first kappa shape index (κ1) is 10.0. The van der Waals surface area contributed by atoms with E-state index in [9.17, 15) is 0 Å². The zero-order chi connectivity index (χ0) is 10.8. The number of benzene rings is 1. The van der Waals surface area contributed by atoms with Crippen LogP contribution >= 0.6 is 15.9 Å². The first-order valence-electron chi connectivity index (χ1n) is 4.35. The van der Waals surface area contributed by atoms with E-state index < -0.39 is 0 Å². The fourth-order valence-electron chi connectivity index (χ4n) is 1.32. The van der Waals surface area contributed by atoms with Gasteiger partial charge in [0.1, 0.15) is 5.75 Å². The summed E-state index contributed by atoms with van der Waals surface area (Å²) >= 11 is 3.42. The highest BCUT2D eigenvalue weighted by Gasteiger charge is 2.05. The second-order valence-electron chi connectivity index (χ2n) is 3.03. The molecule has 5 heteroatoms. The first-order valence-corrected chi connectivity index (χ1v) is 5.14. The van der Waals surface area contributed by atoms with Crippen LogP contribution in [0.4, 0.5) is 5.95 Å². The largest absolute Gasteiger partial charge is 0.496 e. The van der Waals surface area contributed by atoms with Gasteiger partial charge in [-0.15, -0.1) is 0 Å². The molecule has 0 aliphatic heterocycles. The van der Waals surface area contributed by atoms with Gasteiger partial charge in [-0.2, -0.15) is 0 Å². The van der Waals surface area contributed by atoms with Gasteiger partial charge in [-0.05, 0) is 34.1 Å². The number of imidazole rings is 1. The predicted octanol–water partition coefficient (Wildman–Crippen LogP) is 2.43. The lowest BCUT2D eigenvalue weighted by atomic mass is 10.2. The molecule has 0 saturated heterocycles. The number of H-pyrrole nitrogens is 1. The molecule has 0 radical (unpaired) electrons. The summed E-state index contributed by atoms with van der Waals surface area (Å²) in [4.78, 5) is 6.90. The van der Waals surface area contributed by atoms with Crippen LogP contribution in [0.5, 0.6) is 5.75 Å². The molecule has 2 aromatic rings. The summed E-state index contributed by atoms with van der Waals surface area (Å²) in [5, 5.41) is 0. The summed E-state index contributed by atoms with van der Waals surface area (Å²) in [6, 6.07) is 5.78. The highest BCUT2D eigenvalue weighted by atomic mass is 79.9. The maximum atomic E-state index is 5.51. The number of hydrogen-bond acceptors (Lipinski definition) is 3. The number of nitrogen functional groups attached to an aromatic ring is 1. The van der Waals surface area contributed by atoms with Gasteiger partial charge in [0, 0.05) is 5.56 Å². The predicted molar refractivity (Wildman–Crippen MR) is 62.7 cm³/mol. The van der Waals surface area contributed by atoms with Crippen molar-refractivity contribution in [2.45, 2.75) is 0 Å². The van der Waals surface area contributed by atoms with Gasteiger partial charge in [0.05, 0.1) is 23.5 Å². The molecule has 2 rings (SSSR count). The molecular weight excluding hydrogens is 258 g/mol. The number of methoxy groups -OCH3 is 1. The first-order chi connectivity index (χ1) is 7.20. The zero-order valence-electron chi connectivity index (χ0n) is 8.12. The van der Waals surface area contributed by atoms with Crippen molar-refractivity contribution < 1.29 is 4.74 Å². The molecule has 0 fully saturated rings. The van der Waals surface area contributed by atoms with Gasteiger partial charge in [-0.1, -0.05) is 0 Å². The number of hydrogen-bond donors (Lipinski definition) is 2. The number of nitrogens with one attached hydrogen (secondary N) is 1. The van der Waals surface area contributed by atoms with Gasteiger partial charge in [-0.25, -0.2) is 4.98 Å². The van der Waals surface area contributed by atoms with Crippen LogP contribution in [-0.4, -0.2) is 17.1 Å². The van der Waals surface area contributed by atoms with Crippen LogP contribution in [0.1, 0.15) is 0 Å². The van der Waals surface area contributed by atoms with Crippen LogP contribution in [0.15, 0.2) is 28.9 Å². The van der Waals surface area contributed by atoms with Crippen LogP contribution in [-0.2, 0) is 0 Å². The van der Waals surface area contributed by atoms with Crippen molar-refractivity contribution in [2.75, 3.05) is 12.8 Å². The monoisotopic (exact) mass is 267 g/mol. The van der Waals surface area contributed by atoms with Crippen LogP contribution < -0.4 is 10.5 Å². The Morgan fingerprint density at radius 1 is 1.47 bits per heavy atom. The lowest BCUT2D eigenvalue weighted by Gasteiger charge is -2.04. The second-order valence-corrected chi connectivity index (χ2v) is 3.89. The van der Waals surface area contributed by atoms with Crippen molar-refractivity contribution in [1.82, 2.24) is 9.97 Å². The second kappa shape index (κ2) is 3.94. The van der Waals surface area contributed by atoms with Crippen molar-refractivity contribution in [1.29, 1.82) is 0 Å². The van der Waals surface area contributed by atoms with Crippen molar-refractivity contribution in [3.8, 4) is 17.0 Å². The summed E-state index contributed by atoms with van der Waals surface area (Å²) in [6.45, 7) is 0. The van der Waals surface area contributed by atoms with E-state index in [1.807, 2.05) is 18.2 Å². The summed E-state index contributed by atoms with van der Waals surface area (Å²) in [5.41, 5.74) is 7.40. The summed E-state index contributed by atoms with van der Waals surface area (Å²) in [6.07, 6.45) is 1.70. The fourth-order valence-corrected chi connectivity index (χ4v) is 1.86. The molecule has 15 heavy (non-hydrogen) atoms. The topological polar surface area (TPSA) is 63.9 Å². The Kier molecular flexibility index (Phi) is 2.64. The smallest absolute Gasteiger partial charge is 0.197 e. The number of halogens is 1. The highest BCUT2D eigenvalue weighted by molar-refractivity contribution is 9.10. The van der Waals surface area contributed by atoms with E-state index in [2.05, 4.69) is 25.9 Å². The van der Waals surface area contributed by atoms with Crippen LogP contribution in [0.3, 0.4) is 0 Å². The van der Waals surface area contributed by atoms with E-state index in [-0.39, 0.29) is 0 Å². The molecule has 3 N–H and O–H groups in total. The van der Waals surface area contributed by atoms with Crippen molar-refractivity contribution in [3.63, 3.8) is 0 Å². The zero-order valence-corrected chi connectivity index (χ0v) is 9.71. The molecule has 0 aliphatic rings. The molecule has 0 unspecified atom stereocenters. The minimum Gasteiger partial charge on any atom is -0.496 e.